The highest BCUT2D eigenvalue weighted by atomic mass is 16.5. The van der Waals surface area contributed by atoms with E-state index < -0.39 is 0 Å². The van der Waals surface area contributed by atoms with Crippen LogP contribution in [0.25, 0.3) is 32.7 Å². The van der Waals surface area contributed by atoms with Crippen LogP contribution in [0, 0.1) is 13.8 Å². The van der Waals surface area contributed by atoms with E-state index in [1.165, 1.54) is 42.3 Å². The van der Waals surface area contributed by atoms with Crippen LogP contribution in [0.3, 0.4) is 0 Å². The number of rotatable bonds is 7. The number of methoxy groups -OCH3 is 4. The van der Waals surface area contributed by atoms with Crippen LogP contribution in [-0.4, -0.2) is 50.2 Å². The maximum Gasteiger partial charge on any atom is 0.163 e. The van der Waals surface area contributed by atoms with E-state index in [-0.39, 0.29) is 34.2 Å². The molecule has 0 aromatic heterocycles. The Morgan fingerprint density at radius 3 is 1.21 bits per heavy atom. The average molecular weight is 519 g/mol. The largest absolute Gasteiger partial charge is 0.506 e. The summed E-state index contributed by atoms with van der Waals surface area (Å²) in [6.45, 7) is 6.23. The first-order chi connectivity index (χ1) is 18.0. The van der Waals surface area contributed by atoms with Crippen molar-refractivity contribution in [2.24, 2.45) is 0 Å². The zero-order valence-corrected chi connectivity index (χ0v) is 22.7. The minimum absolute atomic E-state index is 0.121. The van der Waals surface area contributed by atoms with Crippen molar-refractivity contribution in [1.29, 1.82) is 0 Å². The van der Waals surface area contributed by atoms with Gasteiger partial charge in [-0.3, -0.25) is 9.59 Å². The molecular weight excluding hydrogens is 488 g/mol. The van der Waals surface area contributed by atoms with Crippen molar-refractivity contribution in [2.45, 2.75) is 27.7 Å². The first-order valence-corrected chi connectivity index (χ1v) is 11.9. The van der Waals surface area contributed by atoms with Gasteiger partial charge in [0.1, 0.15) is 34.5 Å². The van der Waals surface area contributed by atoms with Crippen LogP contribution in [0.4, 0.5) is 0 Å². The Kier molecular flexibility index (Phi) is 6.84. The smallest absolute Gasteiger partial charge is 0.163 e. The number of aromatic hydroxyl groups is 2. The molecule has 0 heterocycles. The molecule has 0 radical (unpaired) electrons. The number of Topliss-reactive ketones (excluding diaryl/α,β-unsaturated/α-hetero) is 2. The molecule has 0 bridgehead atoms. The summed E-state index contributed by atoms with van der Waals surface area (Å²) in [6.07, 6.45) is 0. The van der Waals surface area contributed by atoms with Crippen molar-refractivity contribution in [2.75, 3.05) is 28.4 Å². The second-order valence-corrected chi connectivity index (χ2v) is 9.06. The monoisotopic (exact) mass is 518 g/mol. The third kappa shape index (κ3) is 3.84. The summed E-state index contributed by atoms with van der Waals surface area (Å²) in [5.74, 6) is 0.436. The lowest BCUT2D eigenvalue weighted by atomic mass is 9.81. The van der Waals surface area contributed by atoms with E-state index >= 15 is 0 Å². The van der Waals surface area contributed by atoms with E-state index in [1.807, 2.05) is 0 Å². The number of hydrogen-bond donors (Lipinski definition) is 2. The molecule has 8 nitrogen and oxygen atoms in total. The molecule has 4 aromatic carbocycles. The lowest BCUT2D eigenvalue weighted by molar-refractivity contribution is 0.100. The van der Waals surface area contributed by atoms with Crippen LogP contribution in [0.2, 0.25) is 0 Å². The third-order valence-electron chi connectivity index (χ3n) is 7.00. The molecule has 0 aliphatic carbocycles. The first-order valence-electron chi connectivity index (χ1n) is 11.9. The Labute approximate surface area is 220 Å². The number of phenolic OH excluding ortho intramolecular Hbond substituents is 2. The van der Waals surface area contributed by atoms with Crippen molar-refractivity contribution >= 4 is 33.1 Å². The van der Waals surface area contributed by atoms with Crippen LogP contribution in [0.1, 0.15) is 45.7 Å². The number of carbonyl (C=O) groups excluding carboxylic acids is 2. The summed E-state index contributed by atoms with van der Waals surface area (Å²) in [6, 6.07) is 6.74. The molecule has 0 spiro atoms. The lowest BCUT2D eigenvalue weighted by Gasteiger charge is -2.24. The second kappa shape index (κ2) is 9.78. The summed E-state index contributed by atoms with van der Waals surface area (Å²) in [4.78, 5) is 25.7. The second-order valence-electron chi connectivity index (χ2n) is 9.06. The summed E-state index contributed by atoms with van der Waals surface area (Å²) < 4.78 is 22.2. The van der Waals surface area contributed by atoms with Crippen LogP contribution in [-0.2, 0) is 0 Å². The molecule has 8 heteroatoms. The fourth-order valence-electron chi connectivity index (χ4n) is 5.39. The van der Waals surface area contributed by atoms with Gasteiger partial charge in [0.05, 0.1) is 50.3 Å². The molecule has 0 amide bonds. The number of fused-ring (bicyclic) bond motifs is 2. The Morgan fingerprint density at radius 1 is 0.605 bits per heavy atom. The summed E-state index contributed by atoms with van der Waals surface area (Å²) >= 11 is 0. The molecule has 4 rings (SSSR count). The average Bonchev–Trinajstić information content (AvgIpc) is 2.88. The van der Waals surface area contributed by atoms with Gasteiger partial charge in [-0.15, -0.1) is 0 Å². The highest BCUT2D eigenvalue weighted by Crippen LogP contribution is 2.52. The predicted octanol–water partition coefficient (Wildman–Crippen LogP) is 6.13. The fraction of sp³-hybridized carbons (Fsp3) is 0.267. The maximum atomic E-state index is 12.9. The third-order valence-corrected chi connectivity index (χ3v) is 7.00. The molecular formula is C30H30O8. The standard InChI is InChI=1S/C30H30O8/c1-13-23(15(3)31)29(33)27-19(9-17(35-5)11-21(27)37-7)25(13)26-14(2)24(16(4)32)30(34)28-20(26)10-18(36-6)12-22(28)38-8/h9-12,33-34H,1-8H3. The normalized spacial score (nSPS) is 11.1. The van der Waals surface area contributed by atoms with Gasteiger partial charge in [-0.1, -0.05) is 0 Å². The van der Waals surface area contributed by atoms with Crippen LogP contribution in [0.15, 0.2) is 24.3 Å². The number of phenols is 2. The molecule has 2 N–H and O–H groups in total. The predicted molar refractivity (Wildman–Crippen MR) is 146 cm³/mol. The van der Waals surface area contributed by atoms with Crippen LogP contribution in [0.5, 0.6) is 34.5 Å². The van der Waals surface area contributed by atoms with E-state index in [0.29, 0.717) is 66.8 Å². The Balaban J connectivity index is 2.44. The molecule has 0 saturated heterocycles. The Morgan fingerprint density at radius 2 is 0.947 bits per heavy atom. The summed E-state index contributed by atoms with van der Waals surface area (Å²) in [5.41, 5.74) is 2.36. The van der Waals surface area contributed by atoms with E-state index in [2.05, 4.69) is 0 Å². The van der Waals surface area contributed by atoms with Gasteiger partial charge in [0.25, 0.3) is 0 Å². The molecule has 0 fully saturated rings. The zero-order chi connectivity index (χ0) is 28.0. The Bertz CT molecular complexity index is 1530. The van der Waals surface area contributed by atoms with Crippen molar-refractivity contribution in [1.82, 2.24) is 0 Å². The van der Waals surface area contributed by atoms with Gasteiger partial charge in [0, 0.05) is 22.9 Å². The van der Waals surface area contributed by atoms with Gasteiger partial charge < -0.3 is 29.2 Å². The maximum absolute atomic E-state index is 12.9. The fourth-order valence-corrected chi connectivity index (χ4v) is 5.39. The molecule has 4 aromatic rings. The minimum atomic E-state index is -0.344. The SMILES string of the molecule is COc1cc(OC)c2c(O)c(C(C)=O)c(C)c(-c3c(C)c(C(C)=O)c(O)c4c(OC)cc(OC)cc34)c2c1. The summed E-state index contributed by atoms with van der Waals surface area (Å²) in [7, 11) is 5.96. The lowest BCUT2D eigenvalue weighted by Crippen LogP contribution is -2.06. The van der Waals surface area contributed by atoms with Crippen molar-refractivity contribution in [3.05, 3.63) is 46.5 Å². The zero-order valence-electron chi connectivity index (χ0n) is 22.7. The highest BCUT2D eigenvalue weighted by molar-refractivity contribution is 6.20. The molecule has 198 valence electrons. The molecule has 0 unspecified atom stereocenters. The number of ether oxygens (including phenoxy) is 4. The van der Waals surface area contributed by atoms with Gasteiger partial charge in [-0.2, -0.15) is 0 Å². The quantitative estimate of drug-likeness (QED) is 0.281. The van der Waals surface area contributed by atoms with Gasteiger partial charge >= 0.3 is 0 Å². The van der Waals surface area contributed by atoms with Crippen LogP contribution < -0.4 is 18.9 Å². The van der Waals surface area contributed by atoms with E-state index in [9.17, 15) is 19.8 Å². The van der Waals surface area contributed by atoms with Gasteiger partial charge in [0.15, 0.2) is 11.6 Å². The van der Waals surface area contributed by atoms with Crippen molar-refractivity contribution < 1.29 is 38.7 Å². The van der Waals surface area contributed by atoms with Crippen molar-refractivity contribution in [3.8, 4) is 45.6 Å². The number of ketones is 2. The topological polar surface area (TPSA) is 112 Å². The van der Waals surface area contributed by atoms with Gasteiger partial charge in [-0.25, -0.2) is 0 Å². The molecule has 0 saturated carbocycles. The van der Waals surface area contributed by atoms with Gasteiger partial charge in [0.2, 0.25) is 0 Å². The summed E-state index contributed by atoms with van der Waals surface area (Å²) in [5, 5.41) is 24.3. The molecule has 38 heavy (non-hydrogen) atoms. The molecule has 0 atom stereocenters. The van der Waals surface area contributed by atoms with Gasteiger partial charge in [-0.05, 0) is 62.1 Å². The highest BCUT2D eigenvalue weighted by Gasteiger charge is 2.29. The van der Waals surface area contributed by atoms with Crippen molar-refractivity contribution in [3.63, 3.8) is 0 Å². The molecule has 0 aliphatic heterocycles. The number of hydrogen-bond acceptors (Lipinski definition) is 8. The Hall–Kier alpha value is -4.46. The number of benzene rings is 4. The minimum Gasteiger partial charge on any atom is -0.506 e. The van der Waals surface area contributed by atoms with E-state index in [0.717, 1.165) is 0 Å². The molecule has 0 aliphatic rings. The number of carbonyl (C=O) groups is 2. The first kappa shape index (κ1) is 26.6. The van der Waals surface area contributed by atoms with Crippen LogP contribution >= 0.6 is 0 Å². The van der Waals surface area contributed by atoms with E-state index in [4.69, 9.17) is 18.9 Å². The van der Waals surface area contributed by atoms with E-state index in [1.54, 1.807) is 38.1 Å².